The fraction of sp³-hybridized carbons (Fsp3) is 0.333. The van der Waals surface area contributed by atoms with Crippen molar-refractivity contribution < 1.29 is 76.5 Å². The number of hydrogen-bond acceptors (Lipinski definition) is 16. The Morgan fingerprint density at radius 2 is 0.485 bits per heavy atom. The number of rotatable bonds is 34. The van der Waals surface area contributed by atoms with Crippen LogP contribution in [0.15, 0.2) is 273 Å². The summed E-state index contributed by atoms with van der Waals surface area (Å²) in [4.78, 5) is 0. The number of aliphatic hydroxyl groups excluding tert-OH is 2. The summed E-state index contributed by atoms with van der Waals surface area (Å²) in [6, 6.07) is 88.5. The van der Waals surface area contributed by atoms with Gasteiger partial charge in [0, 0.05) is 0 Å². The fourth-order valence-corrected chi connectivity index (χ4v) is 12.2. The molecular weight excluding hydrogens is 1230 g/mol. The highest BCUT2D eigenvalue weighted by molar-refractivity contribution is 5.21. The number of ether oxygens (including phenoxy) is 14. The number of hydrogen-bond donors (Lipinski definition) is 2. The Kier molecular flexibility index (Phi) is 26.3. The van der Waals surface area contributed by atoms with Crippen LogP contribution in [0.2, 0.25) is 0 Å². The van der Waals surface area contributed by atoms with Gasteiger partial charge >= 0.3 is 0 Å². The smallest absolute Gasteiger partial charge is 0.187 e. The van der Waals surface area contributed by atoms with Crippen molar-refractivity contribution in [1.29, 1.82) is 0 Å². The summed E-state index contributed by atoms with van der Waals surface area (Å²) in [5.74, 6) is 0. The molecule has 97 heavy (non-hydrogen) atoms. The lowest BCUT2D eigenvalue weighted by molar-refractivity contribution is -0.380. The van der Waals surface area contributed by atoms with E-state index < -0.39 is 92.1 Å². The van der Waals surface area contributed by atoms with E-state index in [-0.39, 0.29) is 72.7 Å². The van der Waals surface area contributed by atoms with Gasteiger partial charge in [-0.05, 0) is 50.1 Å². The van der Waals surface area contributed by atoms with Crippen LogP contribution in [0.5, 0.6) is 0 Å². The van der Waals surface area contributed by atoms with Crippen molar-refractivity contribution in [3.05, 3.63) is 323 Å². The zero-order valence-corrected chi connectivity index (χ0v) is 54.2. The first kappa shape index (κ1) is 69.2. The molecule has 16 heteroatoms. The molecule has 0 amide bonds. The Morgan fingerprint density at radius 1 is 0.227 bits per heavy atom. The van der Waals surface area contributed by atoms with E-state index in [2.05, 4.69) is 0 Å². The molecule has 15 atom stereocenters. The minimum Gasteiger partial charge on any atom is -0.387 e. The SMILES string of the molecule is O[C@@H]1C(CO[C@H]2OC(COCc3ccccc3)[C@@H](OCc3ccccc3)C(OCc3ccccc3)C2OCc2ccccc2)O[C@H](O)C(O[C@H]2O[C@@H](COCc3ccccc3)[C@@H](OCc3ccccc3)C(OCc3ccccc3)C2OCc2ccccc2)C1OCc1ccccc1. The van der Waals surface area contributed by atoms with Gasteiger partial charge in [-0.25, -0.2) is 0 Å². The molecule has 2 N–H and O–H groups in total. The second kappa shape index (κ2) is 36.8. The van der Waals surface area contributed by atoms with Crippen LogP contribution in [-0.4, -0.2) is 122 Å². The molecule has 8 unspecified atom stereocenters. The molecule has 9 aromatic rings. The van der Waals surface area contributed by atoms with Crippen molar-refractivity contribution in [2.75, 3.05) is 19.8 Å². The first-order valence-corrected chi connectivity index (χ1v) is 33.4. The van der Waals surface area contributed by atoms with E-state index >= 15 is 0 Å². The largest absolute Gasteiger partial charge is 0.387 e. The Bertz CT molecular complexity index is 3600. The van der Waals surface area contributed by atoms with E-state index in [0.717, 1.165) is 50.1 Å². The summed E-state index contributed by atoms with van der Waals surface area (Å²) >= 11 is 0. The highest BCUT2D eigenvalue weighted by Crippen LogP contribution is 2.37. The van der Waals surface area contributed by atoms with Crippen molar-refractivity contribution in [1.82, 2.24) is 0 Å². The first-order chi connectivity index (χ1) is 47.9. The van der Waals surface area contributed by atoms with E-state index in [1.807, 2.05) is 273 Å². The van der Waals surface area contributed by atoms with Crippen LogP contribution in [-0.2, 0) is 126 Å². The van der Waals surface area contributed by atoms with Crippen LogP contribution in [0, 0.1) is 0 Å². The standard InChI is InChI=1S/C81H86O16/c82-70-67(57-93-80-77(91-53-65-42-24-8-25-43-65)74(89-51-63-38-20-6-21-39-63)71(86-48-60-32-14-3-15-33-60)68(95-80)55-84-46-58-28-10-1-11-29-58)94-79(83)76(73(70)88-50-62-36-18-5-19-37-62)97-81-78(92-54-66-44-26-9-27-45-66)75(90-52-64-40-22-7-23-41-64)72(87-49-61-34-16-4-17-35-61)69(96-81)56-85-47-59-30-12-2-13-31-59/h1-45,67-83H,46-57H2/t67?,68?,69-,70+,71+,72+,73?,74?,75?,76?,77?,78?,79-,80-,81+/m0/s1. The predicted molar refractivity (Wildman–Crippen MR) is 362 cm³/mol. The maximum absolute atomic E-state index is 13.0. The lowest BCUT2D eigenvalue weighted by Crippen LogP contribution is -2.66. The second-order valence-electron chi connectivity index (χ2n) is 24.4. The van der Waals surface area contributed by atoms with Crippen LogP contribution in [0.3, 0.4) is 0 Å². The highest BCUT2D eigenvalue weighted by atomic mass is 16.8. The Balaban J connectivity index is 0.861. The summed E-state index contributed by atoms with van der Waals surface area (Å²) < 4.78 is 96.5. The maximum atomic E-state index is 13.0. The molecule has 0 radical (unpaired) electrons. The molecular formula is C81H86O16. The molecule has 16 nitrogen and oxygen atoms in total. The molecule has 12 rings (SSSR count). The van der Waals surface area contributed by atoms with Gasteiger partial charge < -0.3 is 76.5 Å². The van der Waals surface area contributed by atoms with Gasteiger partial charge in [0.2, 0.25) is 0 Å². The first-order valence-electron chi connectivity index (χ1n) is 33.4. The Labute approximate surface area is 568 Å². The van der Waals surface area contributed by atoms with E-state index in [0.29, 0.717) is 6.61 Å². The molecule has 9 aromatic carbocycles. The third-order valence-electron chi connectivity index (χ3n) is 17.3. The van der Waals surface area contributed by atoms with E-state index in [1.165, 1.54) is 0 Å². The molecule has 0 saturated carbocycles. The van der Waals surface area contributed by atoms with Gasteiger partial charge in [-0.15, -0.1) is 0 Å². The Morgan fingerprint density at radius 3 is 0.804 bits per heavy atom. The maximum Gasteiger partial charge on any atom is 0.187 e. The number of aliphatic hydroxyl groups is 2. The second-order valence-corrected chi connectivity index (χ2v) is 24.4. The normalized spacial score (nSPS) is 25.7. The molecule has 3 aliphatic heterocycles. The van der Waals surface area contributed by atoms with Crippen molar-refractivity contribution in [3.8, 4) is 0 Å². The van der Waals surface area contributed by atoms with Gasteiger partial charge in [0.25, 0.3) is 0 Å². The van der Waals surface area contributed by atoms with Crippen LogP contribution < -0.4 is 0 Å². The fourth-order valence-electron chi connectivity index (χ4n) is 12.2. The van der Waals surface area contributed by atoms with Crippen molar-refractivity contribution in [2.45, 2.75) is 152 Å². The van der Waals surface area contributed by atoms with Gasteiger partial charge in [-0.1, -0.05) is 273 Å². The summed E-state index contributed by atoms with van der Waals surface area (Å²) in [6.07, 6.45) is -16.5. The minimum atomic E-state index is -1.76. The van der Waals surface area contributed by atoms with Crippen LogP contribution in [0.25, 0.3) is 0 Å². The summed E-state index contributed by atoms with van der Waals surface area (Å²) in [6.45, 7) is 1.50. The quantitative estimate of drug-likeness (QED) is 0.0390. The van der Waals surface area contributed by atoms with Crippen molar-refractivity contribution >= 4 is 0 Å². The van der Waals surface area contributed by atoms with Gasteiger partial charge in [-0.3, -0.25) is 0 Å². The average molecular weight is 1320 g/mol. The zero-order valence-electron chi connectivity index (χ0n) is 54.2. The minimum absolute atomic E-state index is 0.0208. The van der Waals surface area contributed by atoms with Crippen molar-refractivity contribution in [2.24, 2.45) is 0 Å². The molecule has 3 fully saturated rings. The molecule has 3 aliphatic rings. The van der Waals surface area contributed by atoms with E-state index in [4.69, 9.17) is 66.3 Å². The highest BCUT2D eigenvalue weighted by Gasteiger charge is 2.55. The van der Waals surface area contributed by atoms with E-state index in [9.17, 15) is 10.2 Å². The molecule has 506 valence electrons. The van der Waals surface area contributed by atoms with Gasteiger partial charge in [-0.2, -0.15) is 0 Å². The van der Waals surface area contributed by atoms with Crippen molar-refractivity contribution in [3.63, 3.8) is 0 Å². The van der Waals surface area contributed by atoms with Crippen LogP contribution in [0.1, 0.15) is 50.1 Å². The van der Waals surface area contributed by atoms with E-state index in [1.54, 1.807) is 0 Å². The number of benzene rings is 9. The van der Waals surface area contributed by atoms with Crippen LogP contribution >= 0.6 is 0 Å². The third kappa shape index (κ3) is 20.2. The summed E-state index contributed by atoms with van der Waals surface area (Å²) in [7, 11) is 0. The molecule has 0 aromatic heterocycles. The monoisotopic (exact) mass is 1310 g/mol. The predicted octanol–water partition coefficient (Wildman–Crippen LogP) is 12.4. The van der Waals surface area contributed by atoms with Gasteiger partial charge in [0.05, 0.1) is 79.3 Å². The summed E-state index contributed by atoms with van der Waals surface area (Å²) in [5.41, 5.74) is 8.28. The Hall–Kier alpha value is -7.66. The van der Waals surface area contributed by atoms with Crippen LogP contribution in [0.4, 0.5) is 0 Å². The lowest BCUT2D eigenvalue weighted by atomic mass is 9.96. The molecule has 0 bridgehead atoms. The molecule has 3 heterocycles. The molecule has 0 aliphatic carbocycles. The molecule has 3 saturated heterocycles. The zero-order chi connectivity index (χ0) is 66.1. The van der Waals surface area contributed by atoms with Gasteiger partial charge in [0.1, 0.15) is 73.2 Å². The topological polar surface area (TPSA) is 170 Å². The average Bonchev–Trinajstić information content (AvgIpc) is 0.806. The summed E-state index contributed by atoms with van der Waals surface area (Å²) in [5, 5.41) is 25.7. The lowest BCUT2D eigenvalue weighted by Gasteiger charge is -2.49. The van der Waals surface area contributed by atoms with Gasteiger partial charge in [0.15, 0.2) is 18.9 Å². The third-order valence-corrected chi connectivity index (χ3v) is 17.3. The molecule has 0 spiro atoms.